The van der Waals surface area contributed by atoms with Crippen LogP contribution in [0.3, 0.4) is 0 Å². The maximum absolute atomic E-state index is 5.80. The molecule has 2 nitrogen and oxygen atoms in total. The van der Waals surface area contributed by atoms with Gasteiger partial charge in [0, 0.05) is 0 Å². The zero-order valence-electron chi connectivity index (χ0n) is 12.1. The second kappa shape index (κ2) is 7.22. The zero-order valence-corrected chi connectivity index (χ0v) is 12.1. The average molecular weight is 260 g/mol. The van der Waals surface area contributed by atoms with E-state index in [9.17, 15) is 0 Å². The molecule has 0 aromatic rings. The molecule has 2 heteroatoms. The standard InChI is InChI=1S/C17H24O2/c1-14-8-3-4-10-16(14)18-12-5-6-13-19-17-11-7-9-15(17)2/h8-11H,3-7,12-13H2,1-2H3. The first-order valence-corrected chi connectivity index (χ1v) is 7.27. The molecular weight excluding hydrogens is 236 g/mol. The van der Waals surface area contributed by atoms with Gasteiger partial charge in [0.1, 0.15) is 11.5 Å². The van der Waals surface area contributed by atoms with Gasteiger partial charge in [-0.25, -0.2) is 0 Å². The van der Waals surface area contributed by atoms with E-state index in [-0.39, 0.29) is 0 Å². The molecule has 0 spiro atoms. The first-order valence-electron chi connectivity index (χ1n) is 7.27. The maximum Gasteiger partial charge on any atom is 0.118 e. The summed E-state index contributed by atoms with van der Waals surface area (Å²) in [6, 6.07) is 0. The van der Waals surface area contributed by atoms with Crippen LogP contribution in [-0.4, -0.2) is 13.2 Å². The summed E-state index contributed by atoms with van der Waals surface area (Å²) in [5, 5.41) is 0. The van der Waals surface area contributed by atoms with E-state index in [1.807, 2.05) is 0 Å². The van der Waals surface area contributed by atoms with Gasteiger partial charge in [-0.2, -0.15) is 0 Å². The summed E-state index contributed by atoms with van der Waals surface area (Å²) in [6.45, 7) is 5.80. The molecule has 0 aliphatic heterocycles. The summed E-state index contributed by atoms with van der Waals surface area (Å²) in [7, 11) is 0. The third-order valence-electron chi connectivity index (χ3n) is 3.51. The van der Waals surface area contributed by atoms with Gasteiger partial charge in [0.2, 0.25) is 0 Å². The fraction of sp³-hybridized carbons (Fsp3) is 0.529. The van der Waals surface area contributed by atoms with Crippen molar-refractivity contribution in [2.24, 2.45) is 0 Å². The van der Waals surface area contributed by atoms with E-state index in [2.05, 4.69) is 38.2 Å². The Kier molecular flexibility index (Phi) is 5.31. The van der Waals surface area contributed by atoms with Gasteiger partial charge in [-0.3, -0.25) is 0 Å². The first-order chi connectivity index (χ1) is 9.27. The third-order valence-corrected chi connectivity index (χ3v) is 3.51. The summed E-state index contributed by atoms with van der Waals surface area (Å²) in [6.07, 6.45) is 14.1. The summed E-state index contributed by atoms with van der Waals surface area (Å²) in [4.78, 5) is 0. The summed E-state index contributed by atoms with van der Waals surface area (Å²) >= 11 is 0. The SMILES string of the molecule is CC1=CCC=C1OCCCCOC1=CCCC=C1C. The maximum atomic E-state index is 5.80. The Balaban J connectivity index is 1.54. The number of unbranched alkanes of at least 4 members (excludes halogenated alkanes) is 1. The van der Waals surface area contributed by atoms with E-state index < -0.39 is 0 Å². The van der Waals surface area contributed by atoms with Crippen molar-refractivity contribution >= 4 is 0 Å². The van der Waals surface area contributed by atoms with Crippen molar-refractivity contribution in [1.82, 2.24) is 0 Å². The molecule has 0 aromatic carbocycles. The minimum absolute atomic E-state index is 0.786. The highest BCUT2D eigenvalue weighted by Crippen LogP contribution is 2.20. The Morgan fingerprint density at radius 3 is 1.95 bits per heavy atom. The predicted octanol–water partition coefficient (Wildman–Crippen LogP) is 4.66. The summed E-state index contributed by atoms with van der Waals surface area (Å²) in [5.74, 6) is 2.14. The van der Waals surface area contributed by atoms with E-state index in [0.717, 1.165) is 56.8 Å². The Labute approximate surface area is 116 Å². The quantitative estimate of drug-likeness (QED) is 0.620. The minimum atomic E-state index is 0.786. The topological polar surface area (TPSA) is 18.5 Å². The fourth-order valence-corrected chi connectivity index (χ4v) is 2.29. The van der Waals surface area contributed by atoms with Crippen LogP contribution in [0.1, 0.15) is 46.0 Å². The van der Waals surface area contributed by atoms with Crippen molar-refractivity contribution < 1.29 is 9.47 Å². The molecule has 0 saturated heterocycles. The lowest BCUT2D eigenvalue weighted by atomic mass is 10.1. The Morgan fingerprint density at radius 2 is 1.37 bits per heavy atom. The Hall–Kier alpha value is -1.44. The summed E-state index contributed by atoms with van der Waals surface area (Å²) in [5.41, 5.74) is 2.55. The van der Waals surface area contributed by atoms with E-state index in [4.69, 9.17) is 9.47 Å². The lowest BCUT2D eigenvalue weighted by Gasteiger charge is -2.14. The molecule has 2 rings (SSSR count). The highest BCUT2D eigenvalue weighted by atomic mass is 16.5. The molecule has 2 aliphatic carbocycles. The molecular formula is C17H24O2. The fourth-order valence-electron chi connectivity index (χ4n) is 2.29. The Bertz CT molecular complexity index is 425. The van der Waals surface area contributed by atoms with Gasteiger partial charge in [0.15, 0.2) is 0 Å². The van der Waals surface area contributed by atoms with Crippen LogP contribution in [-0.2, 0) is 9.47 Å². The van der Waals surface area contributed by atoms with Gasteiger partial charge < -0.3 is 9.47 Å². The zero-order chi connectivity index (χ0) is 13.5. The highest BCUT2D eigenvalue weighted by molar-refractivity contribution is 5.30. The van der Waals surface area contributed by atoms with Gasteiger partial charge >= 0.3 is 0 Å². The smallest absolute Gasteiger partial charge is 0.118 e. The monoisotopic (exact) mass is 260 g/mol. The molecule has 0 amide bonds. The molecule has 0 saturated carbocycles. The van der Waals surface area contributed by atoms with Crippen molar-refractivity contribution in [3.05, 3.63) is 47.0 Å². The minimum Gasteiger partial charge on any atom is -0.494 e. The number of hydrogen-bond donors (Lipinski definition) is 0. The molecule has 104 valence electrons. The number of rotatable bonds is 7. The molecule has 0 unspecified atom stereocenters. The lowest BCUT2D eigenvalue weighted by molar-refractivity contribution is 0.178. The molecule has 0 aromatic heterocycles. The van der Waals surface area contributed by atoms with Crippen LogP contribution in [0, 0.1) is 0 Å². The third kappa shape index (κ3) is 4.30. The van der Waals surface area contributed by atoms with Crippen molar-refractivity contribution in [2.75, 3.05) is 13.2 Å². The van der Waals surface area contributed by atoms with E-state index in [1.165, 1.54) is 11.1 Å². The normalized spacial score (nSPS) is 18.4. The van der Waals surface area contributed by atoms with E-state index in [1.54, 1.807) is 0 Å². The van der Waals surface area contributed by atoms with Crippen molar-refractivity contribution in [3.63, 3.8) is 0 Å². The van der Waals surface area contributed by atoms with E-state index >= 15 is 0 Å². The van der Waals surface area contributed by atoms with Gasteiger partial charge in [0.25, 0.3) is 0 Å². The number of allylic oxidation sites excluding steroid dienone is 6. The predicted molar refractivity (Wildman–Crippen MR) is 78.7 cm³/mol. The van der Waals surface area contributed by atoms with Crippen LogP contribution in [0.2, 0.25) is 0 Å². The molecule has 0 bridgehead atoms. The molecule has 19 heavy (non-hydrogen) atoms. The van der Waals surface area contributed by atoms with Crippen molar-refractivity contribution in [3.8, 4) is 0 Å². The molecule has 0 radical (unpaired) electrons. The molecule has 0 fully saturated rings. The van der Waals surface area contributed by atoms with E-state index in [0.29, 0.717) is 0 Å². The lowest BCUT2D eigenvalue weighted by Crippen LogP contribution is -2.02. The van der Waals surface area contributed by atoms with Crippen LogP contribution >= 0.6 is 0 Å². The van der Waals surface area contributed by atoms with Gasteiger partial charge in [-0.1, -0.05) is 12.2 Å². The van der Waals surface area contributed by atoms with Crippen LogP contribution in [0.4, 0.5) is 0 Å². The second-order valence-corrected chi connectivity index (χ2v) is 5.13. The van der Waals surface area contributed by atoms with Crippen molar-refractivity contribution in [1.29, 1.82) is 0 Å². The van der Waals surface area contributed by atoms with Crippen LogP contribution in [0.15, 0.2) is 47.0 Å². The average Bonchev–Trinajstić information content (AvgIpc) is 2.81. The van der Waals surface area contributed by atoms with Gasteiger partial charge in [-0.05, 0) is 69.2 Å². The van der Waals surface area contributed by atoms with Gasteiger partial charge in [-0.15, -0.1) is 0 Å². The van der Waals surface area contributed by atoms with Crippen molar-refractivity contribution in [2.45, 2.75) is 46.0 Å². The Morgan fingerprint density at radius 1 is 0.789 bits per heavy atom. The highest BCUT2D eigenvalue weighted by Gasteiger charge is 2.07. The first kappa shape index (κ1) is 14.0. The second-order valence-electron chi connectivity index (χ2n) is 5.13. The summed E-state index contributed by atoms with van der Waals surface area (Å²) < 4.78 is 11.5. The molecule has 0 atom stereocenters. The molecule has 0 heterocycles. The number of hydrogen-bond acceptors (Lipinski definition) is 2. The molecule has 2 aliphatic rings. The van der Waals surface area contributed by atoms with Gasteiger partial charge in [0.05, 0.1) is 13.2 Å². The van der Waals surface area contributed by atoms with Crippen LogP contribution < -0.4 is 0 Å². The molecule has 0 N–H and O–H groups in total. The largest absolute Gasteiger partial charge is 0.494 e. The van der Waals surface area contributed by atoms with Crippen LogP contribution in [0.5, 0.6) is 0 Å². The van der Waals surface area contributed by atoms with Crippen LogP contribution in [0.25, 0.3) is 0 Å². The number of ether oxygens (including phenoxy) is 2.